The summed E-state index contributed by atoms with van der Waals surface area (Å²) in [6.45, 7) is 6.75. The number of aromatic amines is 1. The summed E-state index contributed by atoms with van der Waals surface area (Å²) < 4.78 is 58.1. The smallest absolute Gasteiger partial charge is 0.252 e. The Morgan fingerprint density at radius 2 is 1.34 bits per heavy atom. The number of carbonyl (C=O) groups excluding carboxylic acids is 10. The molecule has 0 saturated carbocycles. The van der Waals surface area contributed by atoms with Crippen molar-refractivity contribution in [3.05, 3.63) is 106 Å². The molecule has 0 radical (unpaired) electrons. The third-order valence-corrected chi connectivity index (χ3v) is 19.5. The van der Waals surface area contributed by atoms with Crippen molar-refractivity contribution >= 4 is 64.5 Å². The number of carbonyl (C=O) groups is 10. The van der Waals surface area contributed by atoms with Gasteiger partial charge in [0.15, 0.2) is 24.6 Å². The van der Waals surface area contributed by atoms with Gasteiger partial charge in [-0.1, -0.05) is 54.6 Å². The lowest BCUT2D eigenvalue weighted by Gasteiger charge is -2.43. The Bertz CT molecular complexity index is 4180. The number of nitrogens with zero attached hydrogens (tertiary/aromatic N) is 4. The van der Waals surface area contributed by atoms with E-state index in [1.54, 1.807) is 11.8 Å². The maximum atomic E-state index is 14.3. The number of nitrogens with one attached hydrogen (secondary N) is 7. The van der Waals surface area contributed by atoms with Crippen LogP contribution in [0.4, 0.5) is 5.69 Å². The molecule has 580 valence electrons. The quantitative estimate of drug-likeness (QED) is 0.0189. The Morgan fingerprint density at radius 3 is 2.06 bits per heavy atom. The summed E-state index contributed by atoms with van der Waals surface area (Å²) in [6.07, 6.45) is -6.85. The molecule has 3 fully saturated rings. The Kier molecular flexibility index (Phi) is 26.3. The predicted molar refractivity (Wildman–Crippen MR) is 377 cm³/mol. The van der Waals surface area contributed by atoms with Crippen molar-refractivity contribution in [2.45, 2.75) is 139 Å². The molecule has 108 heavy (non-hydrogen) atoms. The minimum atomic E-state index is -2.47. The van der Waals surface area contributed by atoms with Crippen LogP contribution >= 0.6 is 0 Å². The van der Waals surface area contributed by atoms with Gasteiger partial charge in [0.2, 0.25) is 47.1 Å². The number of methoxy groups -OCH3 is 2. The second kappa shape index (κ2) is 35.9. The largest absolute Gasteiger partial charge is 0.507 e. The monoisotopic (exact) mass is 1500 g/mol. The molecule has 35 nitrogen and oxygen atoms in total. The number of anilines is 1. The van der Waals surface area contributed by atoms with Crippen molar-refractivity contribution in [2.75, 3.05) is 105 Å². The van der Waals surface area contributed by atoms with Crippen molar-refractivity contribution in [1.82, 2.24) is 52.2 Å². The lowest BCUT2D eigenvalue weighted by molar-refractivity contribution is -0.256. The van der Waals surface area contributed by atoms with E-state index in [0.717, 1.165) is 16.7 Å². The molecule has 12 N–H and O–H groups in total. The van der Waals surface area contributed by atoms with Crippen LogP contribution in [0.1, 0.15) is 114 Å². The molecular formula is C73H90N12O23. The molecule has 0 unspecified atom stereocenters. The number of aliphatic hydroxyl groups is 1. The van der Waals surface area contributed by atoms with Crippen LogP contribution in [0.15, 0.2) is 66.7 Å². The summed E-state index contributed by atoms with van der Waals surface area (Å²) in [4.78, 5) is 138. The van der Waals surface area contributed by atoms with E-state index in [1.807, 2.05) is 48.5 Å². The van der Waals surface area contributed by atoms with Crippen LogP contribution in [0.3, 0.4) is 0 Å². The molecule has 11 atom stereocenters. The summed E-state index contributed by atoms with van der Waals surface area (Å²) in [5, 5.41) is 63.4. The molecule has 2 aliphatic carbocycles. The molecule has 5 heterocycles. The summed E-state index contributed by atoms with van der Waals surface area (Å²) in [5.41, 5.74) is 5.72. The number of primary amides is 1. The van der Waals surface area contributed by atoms with Crippen molar-refractivity contribution in [3.63, 3.8) is 0 Å². The van der Waals surface area contributed by atoms with Crippen LogP contribution in [0.2, 0.25) is 0 Å². The summed E-state index contributed by atoms with van der Waals surface area (Å²) in [7, 11) is 2.80. The predicted octanol–water partition coefficient (Wildman–Crippen LogP) is 0.104. The summed E-state index contributed by atoms with van der Waals surface area (Å²) in [6, 6.07) is 15.2. The number of nitrogens with two attached hydrogens (primary N) is 1. The van der Waals surface area contributed by atoms with Crippen molar-refractivity contribution in [3.8, 4) is 39.8 Å². The van der Waals surface area contributed by atoms with Crippen molar-refractivity contribution < 1.29 is 111 Å². The second-order valence-electron chi connectivity index (χ2n) is 26.7. The van der Waals surface area contributed by atoms with E-state index in [-0.39, 0.29) is 144 Å². The molecule has 6 aliphatic rings. The van der Waals surface area contributed by atoms with Crippen LogP contribution < -0.4 is 47.3 Å². The van der Waals surface area contributed by atoms with Gasteiger partial charge in [-0.2, -0.15) is 15.4 Å². The normalized spacial score (nSPS) is 21.9. The zero-order valence-corrected chi connectivity index (χ0v) is 60.3. The lowest BCUT2D eigenvalue weighted by Crippen LogP contribution is -2.56. The van der Waals surface area contributed by atoms with Crippen LogP contribution in [-0.2, 0) is 94.0 Å². The summed E-state index contributed by atoms with van der Waals surface area (Å²) >= 11 is 0. The van der Waals surface area contributed by atoms with E-state index >= 15 is 0 Å². The number of ether oxygens (including phenoxy) is 10. The van der Waals surface area contributed by atoms with Crippen LogP contribution in [-0.4, -0.2) is 255 Å². The molecule has 1 aromatic heterocycles. The first kappa shape index (κ1) is 79.1. The Balaban J connectivity index is 0.562. The average Bonchev–Trinajstić information content (AvgIpc) is 0.941. The standard InChI is InChI=1S/C73H90N12O23/c1-38(78-53(88)19-24-101-27-29-103-31-32-104-30-28-102-25-22-75-52(87)17-18-54(89)85-37-41-11-6-7-12-42(41)60-61(82-83-81-60)43-13-8-9-15-47(43)85)67(94)79-39(2)68(95)80-46(33-51(74)86)69(96)76-20-21-77-72(97)73(98)35-45-57(65(93)59-58(63(45)91)62(90)44-14-10-16-49(99-4)56(44)64(59)92)50(36-73)107-55-34-48-66(40(3)106-55)108-70-71(100-5)105-26-23-84(48)70/h6-16,38-40,46,48,50,55,66,70-71,91,93,98H,17-37H2,1-5H3,(H2,74,86)(H,75,87)(H,76,96)(H,77,97)(H,78,88)(H,79,94)(H,80,95)(H,81,82,83)/t38-,39-,40-,46-,48-,50-,55-,66+,70+,71-,73-/m0/s1. The van der Waals surface area contributed by atoms with Gasteiger partial charge >= 0.3 is 0 Å². The number of hydrogen-bond acceptors (Lipinski definition) is 26. The van der Waals surface area contributed by atoms with Gasteiger partial charge in [-0.05, 0) is 38.5 Å². The topological polar surface area (TPSA) is 470 Å². The number of aromatic hydroxyl groups is 2. The fourth-order valence-electron chi connectivity index (χ4n) is 14.2. The minimum Gasteiger partial charge on any atom is -0.507 e. The third kappa shape index (κ3) is 17.9. The average molecular weight is 1500 g/mol. The molecule has 4 aliphatic heterocycles. The molecule has 8 amide bonds. The van der Waals surface area contributed by atoms with Gasteiger partial charge in [0.25, 0.3) is 5.91 Å². The van der Waals surface area contributed by atoms with E-state index in [0.29, 0.717) is 36.8 Å². The number of hydrogen-bond donors (Lipinski definition) is 11. The zero-order chi connectivity index (χ0) is 76.9. The van der Waals surface area contributed by atoms with Crippen molar-refractivity contribution in [1.29, 1.82) is 0 Å². The number of rotatable bonds is 34. The maximum Gasteiger partial charge on any atom is 0.252 e. The fraction of sp³-hybridized carbons (Fsp3) is 0.507. The third-order valence-electron chi connectivity index (χ3n) is 19.5. The molecule has 0 bridgehead atoms. The SMILES string of the molecule is COc1cccc2c1C(=O)c1c(O)c3c(c(O)c1C2=O)C[C@@](O)(C(=O)NCCNC(=O)[C@H](CC(N)=O)NC(=O)[C@H](C)NC(=O)[C@H](C)NC(=O)CCOCCOCCOCCOCCNC(=O)CCC(=O)N1Cc2ccccc2-c2n[nH]nc2-c2ccccc21)C[C@@H]3O[C@H]1C[C@H]2[C@H](O[C@@H]3[C@@H](OC)OCCN32)[C@H](C)O1. The van der Waals surface area contributed by atoms with E-state index in [9.17, 15) is 63.3 Å². The fourth-order valence-corrected chi connectivity index (χ4v) is 14.2. The first-order valence-corrected chi connectivity index (χ1v) is 35.7. The van der Waals surface area contributed by atoms with Gasteiger partial charge in [-0.15, -0.1) is 0 Å². The van der Waals surface area contributed by atoms with E-state index < -0.39 is 150 Å². The number of morpholine rings is 1. The number of phenolic OH excluding ortho intramolecular Hbond substituents is 2. The highest BCUT2D eigenvalue weighted by atomic mass is 16.7. The molecule has 0 spiro atoms. The number of para-hydroxylation sites is 1. The highest BCUT2D eigenvalue weighted by Crippen LogP contribution is 2.53. The maximum absolute atomic E-state index is 14.3. The van der Waals surface area contributed by atoms with Gasteiger partial charge in [-0.3, -0.25) is 52.8 Å². The van der Waals surface area contributed by atoms with E-state index in [1.165, 1.54) is 46.3 Å². The number of ketones is 2. The Hall–Kier alpha value is -9.92. The molecular weight excluding hydrogens is 1410 g/mol. The van der Waals surface area contributed by atoms with Crippen molar-refractivity contribution in [2.24, 2.45) is 5.73 Å². The van der Waals surface area contributed by atoms with Crippen LogP contribution in [0, 0.1) is 0 Å². The minimum absolute atomic E-state index is 0.00446. The summed E-state index contributed by atoms with van der Waals surface area (Å²) in [5.74, 6) is -8.80. The number of benzene rings is 4. The van der Waals surface area contributed by atoms with Crippen LogP contribution in [0.25, 0.3) is 22.5 Å². The van der Waals surface area contributed by atoms with E-state index in [4.69, 9.17) is 53.1 Å². The first-order valence-electron chi connectivity index (χ1n) is 35.7. The number of amides is 8. The van der Waals surface area contributed by atoms with Crippen LogP contribution in [0.5, 0.6) is 17.2 Å². The van der Waals surface area contributed by atoms with Gasteiger partial charge < -0.3 is 105 Å². The second-order valence-corrected chi connectivity index (χ2v) is 26.7. The van der Waals surface area contributed by atoms with Gasteiger partial charge in [0.1, 0.15) is 58.5 Å². The first-order chi connectivity index (χ1) is 52.0. The molecule has 35 heteroatoms. The molecule has 5 aromatic rings. The zero-order valence-electron chi connectivity index (χ0n) is 60.3. The number of fused-ring (bicyclic) bond motifs is 11. The number of phenols is 2. The Morgan fingerprint density at radius 1 is 0.694 bits per heavy atom. The van der Waals surface area contributed by atoms with E-state index in [2.05, 4.69) is 52.2 Å². The number of aromatic nitrogens is 3. The number of H-pyrrole nitrogens is 1. The molecule has 3 saturated heterocycles. The van der Waals surface area contributed by atoms with Gasteiger partial charge in [0.05, 0.1) is 114 Å². The van der Waals surface area contributed by atoms with Gasteiger partial charge in [-0.25, -0.2) is 0 Å². The van der Waals surface area contributed by atoms with Gasteiger partial charge in [0, 0.05) is 106 Å². The Labute approximate surface area is 620 Å². The molecule has 4 aromatic carbocycles. The highest BCUT2D eigenvalue weighted by Gasteiger charge is 2.56. The molecule has 11 rings (SSSR count). The lowest BCUT2D eigenvalue weighted by atomic mass is 9.72. The highest BCUT2D eigenvalue weighted by molar-refractivity contribution is 6.31.